The molecule has 5 rings (SSSR count). The Balaban J connectivity index is 1.47. The minimum absolute atomic E-state index is 0.155. The van der Waals surface area contributed by atoms with Crippen molar-refractivity contribution in [2.45, 2.75) is 19.5 Å². The summed E-state index contributed by atoms with van der Waals surface area (Å²) in [5.41, 5.74) is 0.973. The Kier molecular flexibility index (Phi) is 3.61. The van der Waals surface area contributed by atoms with E-state index in [0.29, 0.717) is 36.0 Å². The fraction of sp³-hybridized carbons (Fsp3) is 0.235. The summed E-state index contributed by atoms with van der Waals surface area (Å²) >= 11 is 3.36. The van der Waals surface area contributed by atoms with Gasteiger partial charge in [-0.05, 0) is 35.0 Å². The van der Waals surface area contributed by atoms with E-state index in [1.807, 2.05) is 23.6 Å². The molecule has 0 aromatic carbocycles. The van der Waals surface area contributed by atoms with Crippen LogP contribution in [0.5, 0.6) is 0 Å². The van der Waals surface area contributed by atoms with Crippen LogP contribution < -0.4 is 0 Å². The maximum absolute atomic E-state index is 13.0. The molecule has 0 saturated carbocycles. The van der Waals surface area contributed by atoms with Gasteiger partial charge in [0.05, 0.1) is 16.8 Å². The van der Waals surface area contributed by atoms with Crippen molar-refractivity contribution in [1.29, 1.82) is 0 Å². The molecule has 1 atom stereocenters. The molecule has 136 valence electrons. The van der Waals surface area contributed by atoms with Crippen LogP contribution in [0.15, 0.2) is 45.7 Å². The van der Waals surface area contributed by atoms with E-state index in [2.05, 4.69) is 36.2 Å². The van der Waals surface area contributed by atoms with Crippen LogP contribution in [0.1, 0.15) is 29.3 Å². The van der Waals surface area contributed by atoms with Gasteiger partial charge in [0, 0.05) is 31.5 Å². The number of hydrogen-bond acceptors (Lipinski definition) is 6. The van der Waals surface area contributed by atoms with Gasteiger partial charge in [0.25, 0.3) is 5.91 Å². The molecule has 0 spiro atoms. The van der Waals surface area contributed by atoms with E-state index in [0.717, 1.165) is 10.3 Å². The molecule has 0 saturated heterocycles. The smallest absolute Gasteiger partial charge is 0.275 e. The zero-order valence-electron chi connectivity index (χ0n) is 14.3. The maximum Gasteiger partial charge on any atom is 0.275 e. The molecule has 0 radical (unpaired) electrons. The number of carbonyl (C=O) groups is 1. The Hall–Kier alpha value is -3.01. The fourth-order valence-electron chi connectivity index (χ4n) is 3.36. The highest BCUT2D eigenvalue weighted by Gasteiger charge is 2.33. The normalized spacial score (nSPS) is 16.7. The first kappa shape index (κ1) is 16.2. The van der Waals surface area contributed by atoms with Crippen molar-refractivity contribution in [3.63, 3.8) is 0 Å². The zero-order valence-corrected chi connectivity index (χ0v) is 15.9. The van der Waals surface area contributed by atoms with Gasteiger partial charge in [0.15, 0.2) is 28.8 Å². The van der Waals surface area contributed by atoms with E-state index >= 15 is 0 Å². The number of furan rings is 1. The Morgan fingerprint density at radius 2 is 2.22 bits per heavy atom. The molecule has 10 heteroatoms. The largest absolute Gasteiger partial charge is 0.461 e. The summed E-state index contributed by atoms with van der Waals surface area (Å²) in [7, 11) is 0. The summed E-state index contributed by atoms with van der Waals surface area (Å²) in [6.45, 7) is 3.06. The second kappa shape index (κ2) is 6.02. The van der Waals surface area contributed by atoms with Crippen LogP contribution in [0.3, 0.4) is 0 Å². The predicted octanol–water partition coefficient (Wildman–Crippen LogP) is 2.56. The van der Waals surface area contributed by atoms with Crippen molar-refractivity contribution < 1.29 is 9.21 Å². The Bertz CT molecular complexity index is 1150. The molecule has 0 fully saturated rings. The van der Waals surface area contributed by atoms with Crippen LogP contribution in [0, 0.1) is 0 Å². The van der Waals surface area contributed by atoms with Gasteiger partial charge in [-0.1, -0.05) is 0 Å². The van der Waals surface area contributed by atoms with Gasteiger partial charge in [-0.3, -0.25) is 4.79 Å². The first-order valence-corrected chi connectivity index (χ1v) is 9.20. The van der Waals surface area contributed by atoms with Crippen LogP contribution in [-0.4, -0.2) is 46.7 Å². The minimum Gasteiger partial charge on any atom is -0.461 e. The van der Waals surface area contributed by atoms with E-state index in [1.54, 1.807) is 34.1 Å². The number of halogens is 1. The van der Waals surface area contributed by atoms with Gasteiger partial charge in [-0.2, -0.15) is 5.10 Å². The van der Waals surface area contributed by atoms with Crippen molar-refractivity contribution in [2.75, 3.05) is 6.54 Å². The number of aromatic nitrogens is 6. The number of rotatable bonds is 2. The summed E-state index contributed by atoms with van der Waals surface area (Å²) in [5.74, 6) is 1.91. The summed E-state index contributed by atoms with van der Waals surface area (Å²) in [6, 6.07) is 5.12. The van der Waals surface area contributed by atoms with E-state index in [-0.39, 0.29) is 11.9 Å². The van der Waals surface area contributed by atoms with Gasteiger partial charge in [0.1, 0.15) is 0 Å². The average Bonchev–Trinajstić information content (AvgIpc) is 3.39. The van der Waals surface area contributed by atoms with Gasteiger partial charge in [-0.15, -0.1) is 10.2 Å². The van der Waals surface area contributed by atoms with E-state index in [9.17, 15) is 4.79 Å². The molecule has 1 unspecified atom stereocenters. The molecule has 27 heavy (non-hydrogen) atoms. The monoisotopic (exact) mass is 427 g/mol. The molecule has 5 heterocycles. The molecule has 0 aliphatic carbocycles. The van der Waals surface area contributed by atoms with Crippen LogP contribution in [0.2, 0.25) is 0 Å². The molecule has 0 bridgehead atoms. The minimum atomic E-state index is -0.230. The van der Waals surface area contributed by atoms with Crippen LogP contribution >= 0.6 is 15.9 Å². The Labute approximate surface area is 161 Å². The van der Waals surface area contributed by atoms with E-state index in [1.165, 1.54) is 0 Å². The number of fused-ring (bicyclic) bond motifs is 2. The molecule has 4 aromatic heterocycles. The van der Waals surface area contributed by atoms with Crippen LogP contribution in [-0.2, 0) is 6.54 Å². The number of nitrogens with zero attached hydrogens (tertiary/aromatic N) is 7. The van der Waals surface area contributed by atoms with E-state index < -0.39 is 0 Å². The molecular formula is C17H14BrN7O2. The first-order valence-electron chi connectivity index (χ1n) is 8.40. The molecule has 0 N–H and O–H groups in total. The lowest BCUT2D eigenvalue weighted by Gasteiger charge is -2.33. The van der Waals surface area contributed by atoms with Crippen molar-refractivity contribution in [2.24, 2.45) is 0 Å². The van der Waals surface area contributed by atoms with Crippen molar-refractivity contribution in [1.82, 2.24) is 34.3 Å². The Morgan fingerprint density at radius 1 is 1.33 bits per heavy atom. The molecular weight excluding hydrogens is 414 g/mol. The average molecular weight is 428 g/mol. The van der Waals surface area contributed by atoms with Gasteiger partial charge < -0.3 is 13.9 Å². The lowest BCUT2D eigenvalue weighted by Crippen LogP contribution is -2.41. The lowest BCUT2D eigenvalue weighted by molar-refractivity contribution is 0.0632. The van der Waals surface area contributed by atoms with Crippen molar-refractivity contribution in [3.8, 4) is 11.6 Å². The fourth-order valence-corrected chi connectivity index (χ4v) is 3.65. The highest BCUT2D eigenvalue weighted by molar-refractivity contribution is 9.10. The van der Waals surface area contributed by atoms with Gasteiger partial charge in [-0.25, -0.2) is 9.50 Å². The Morgan fingerprint density at radius 3 is 3.04 bits per heavy atom. The predicted molar refractivity (Wildman–Crippen MR) is 97.9 cm³/mol. The first-order chi connectivity index (χ1) is 13.1. The quantitative estimate of drug-likeness (QED) is 0.487. The summed E-state index contributed by atoms with van der Waals surface area (Å²) in [5, 5.41) is 12.9. The summed E-state index contributed by atoms with van der Waals surface area (Å²) < 4.78 is 9.81. The van der Waals surface area contributed by atoms with E-state index in [4.69, 9.17) is 4.42 Å². The summed E-state index contributed by atoms with van der Waals surface area (Å²) in [4.78, 5) is 19.1. The van der Waals surface area contributed by atoms with Gasteiger partial charge >= 0.3 is 0 Å². The third-order valence-electron chi connectivity index (χ3n) is 4.69. The SMILES string of the molecule is CC1c2nnc(-c3ccco3)n2CCN1C(=O)c1cc2ncc(Br)cn2n1. The number of hydrogen-bond donors (Lipinski definition) is 0. The molecule has 1 amide bonds. The zero-order chi connectivity index (χ0) is 18.5. The van der Waals surface area contributed by atoms with Gasteiger partial charge in [0.2, 0.25) is 0 Å². The van der Waals surface area contributed by atoms with Crippen LogP contribution in [0.25, 0.3) is 17.2 Å². The van der Waals surface area contributed by atoms with Crippen molar-refractivity contribution >= 4 is 27.5 Å². The van der Waals surface area contributed by atoms with Crippen LogP contribution in [0.4, 0.5) is 0 Å². The topological polar surface area (TPSA) is 94.3 Å². The molecule has 1 aliphatic heterocycles. The number of carbonyl (C=O) groups excluding carboxylic acids is 1. The third-order valence-corrected chi connectivity index (χ3v) is 5.10. The standard InChI is InChI=1S/C17H14BrN7O2/c1-10-15-20-21-16(13-3-2-6-27-13)24(15)5-4-23(10)17(26)12-7-14-19-8-11(18)9-25(14)22-12/h2-3,6-10H,4-5H2,1H3. The second-order valence-corrected chi connectivity index (χ2v) is 7.21. The van der Waals surface area contributed by atoms with Crippen molar-refractivity contribution in [3.05, 3.63) is 52.8 Å². The molecule has 1 aliphatic rings. The highest BCUT2D eigenvalue weighted by Crippen LogP contribution is 2.29. The highest BCUT2D eigenvalue weighted by atomic mass is 79.9. The second-order valence-electron chi connectivity index (χ2n) is 6.29. The number of amides is 1. The molecule has 4 aromatic rings. The summed E-state index contributed by atoms with van der Waals surface area (Å²) in [6.07, 6.45) is 5.05. The lowest BCUT2D eigenvalue weighted by atomic mass is 10.2. The maximum atomic E-state index is 13.0. The molecule has 9 nitrogen and oxygen atoms in total. The third kappa shape index (κ3) is 2.55.